The summed E-state index contributed by atoms with van der Waals surface area (Å²) in [6.45, 7) is 5.85. The fourth-order valence-electron chi connectivity index (χ4n) is 3.64. The molecule has 0 fully saturated rings. The average Bonchev–Trinajstić information content (AvgIpc) is 2.74. The number of nitrogens with one attached hydrogen (secondary N) is 2. The summed E-state index contributed by atoms with van der Waals surface area (Å²) in [4.78, 5) is 8.48. The van der Waals surface area contributed by atoms with Crippen LogP contribution in [0, 0.1) is 5.41 Å². The van der Waals surface area contributed by atoms with Crippen LogP contribution < -0.4 is 11.1 Å². The first-order chi connectivity index (χ1) is 14.1. The van der Waals surface area contributed by atoms with Crippen molar-refractivity contribution >= 4 is 17.3 Å². The summed E-state index contributed by atoms with van der Waals surface area (Å²) in [6, 6.07) is 7.41. The van der Waals surface area contributed by atoms with Gasteiger partial charge in [-0.25, -0.2) is 9.97 Å². The van der Waals surface area contributed by atoms with E-state index in [9.17, 15) is 5.11 Å². The van der Waals surface area contributed by atoms with Crippen molar-refractivity contribution in [3.63, 3.8) is 0 Å². The molecule has 0 saturated carbocycles. The molecule has 1 aliphatic rings. The third kappa shape index (κ3) is 4.60. The maximum Gasteiger partial charge on any atom is 0.141 e. The number of rotatable bonds is 7. The normalized spacial score (nSPS) is 16.8. The van der Waals surface area contributed by atoms with Crippen molar-refractivity contribution < 1.29 is 5.11 Å². The smallest absolute Gasteiger partial charge is 0.141 e. The fourth-order valence-corrected chi connectivity index (χ4v) is 3.64. The van der Waals surface area contributed by atoms with E-state index >= 15 is 0 Å². The predicted molar refractivity (Wildman–Crippen MR) is 118 cm³/mol. The molecule has 1 unspecified atom stereocenters. The summed E-state index contributed by atoms with van der Waals surface area (Å²) in [7, 11) is 0. The summed E-state index contributed by atoms with van der Waals surface area (Å²) in [6.07, 6.45) is 10.2. The van der Waals surface area contributed by atoms with Gasteiger partial charge in [0.25, 0.3) is 0 Å². The van der Waals surface area contributed by atoms with Gasteiger partial charge in [0.2, 0.25) is 0 Å². The third-order valence-electron chi connectivity index (χ3n) is 5.12. The Labute approximate surface area is 171 Å². The number of aromatic nitrogens is 2. The zero-order valence-electron chi connectivity index (χ0n) is 16.7. The Morgan fingerprint density at radius 3 is 2.93 bits per heavy atom. The summed E-state index contributed by atoms with van der Waals surface area (Å²) < 4.78 is 0. The Hall–Kier alpha value is -3.25. The van der Waals surface area contributed by atoms with Gasteiger partial charge in [-0.05, 0) is 49.0 Å². The minimum absolute atomic E-state index is 0.0826. The number of nitrogens with zero attached hydrogens (tertiary/aromatic N) is 2. The molecule has 1 aromatic carbocycles. The second kappa shape index (κ2) is 9.30. The molecule has 2 aromatic rings. The topological polar surface area (TPSA) is 108 Å². The van der Waals surface area contributed by atoms with Crippen molar-refractivity contribution in [1.29, 1.82) is 5.41 Å². The van der Waals surface area contributed by atoms with E-state index in [-0.39, 0.29) is 24.2 Å². The molecular formula is C23H27N5O. The molecule has 0 bridgehead atoms. The van der Waals surface area contributed by atoms with Gasteiger partial charge in [0.15, 0.2) is 0 Å². The van der Waals surface area contributed by atoms with Crippen LogP contribution >= 0.6 is 0 Å². The van der Waals surface area contributed by atoms with Crippen molar-refractivity contribution in [3.05, 3.63) is 83.2 Å². The first-order valence-electron chi connectivity index (χ1n) is 9.70. The lowest BCUT2D eigenvalue weighted by Gasteiger charge is -2.27. The van der Waals surface area contributed by atoms with Gasteiger partial charge in [-0.15, -0.1) is 0 Å². The molecule has 1 aliphatic carbocycles. The maximum atomic E-state index is 9.40. The minimum Gasteiger partial charge on any atom is -0.392 e. The molecule has 0 aliphatic heterocycles. The summed E-state index contributed by atoms with van der Waals surface area (Å²) >= 11 is 0. The Kier molecular flexibility index (Phi) is 6.57. The van der Waals surface area contributed by atoms with Crippen molar-refractivity contribution in [2.45, 2.75) is 38.8 Å². The molecule has 1 atom stereocenters. The summed E-state index contributed by atoms with van der Waals surface area (Å²) in [5, 5.41) is 21.6. The van der Waals surface area contributed by atoms with Gasteiger partial charge in [0, 0.05) is 11.6 Å². The first kappa shape index (κ1) is 20.5. The third-order valence-corrected chi connectivity index (χ3v) is 5.12. The minimum atomic E-state index is -0.0826. The molecule has 0 saturated heterocycles. The van der Waals surface area contributed by atoms with Gasteiger partial charge in [-0.3, -0.25) is 5.41 Å². The standard InChI is InChI=1S/C23H27N5O/c1-3-6-17-12-19(10-9-16(17)4-2)28-23-20(22(25)26-14-27-23)21(24)18-8-5-7-15(11-18)13-29/h3-8,11,14,19,24,29H,2,9-10,12-13H2,1H3,(H3,25,26,27,28)/b6-3-,24-21?. The van der Waals surface area contributed by atoms with E-state index in [0.717, 1.165) is 24.8 Å². The van der Waals surface area contributed by atoms with Gasteiger partial charge in [-0.1, -0.05) is 43.0 Å². The second-order valence-electron chi connectivity index (χ2n) is 7.05. The fraction of sp³-hybridized carbons (Fsp3) is 0.261. The molecule has 29 heavy (non-hydrogen) atoms. The van der Waals surface area contributed by atoms with E-state index in [1.807, 2.05) is 37.3 Å². The highest BCUT2D eigenvalue weighted by Gasteiger charge is 2.22. The zero-order chi connectivity index (χ0) is 20.8. The molecule has 5 N–H and O–H groups in total. The number of aliphatic hydroxyl groups is 1. The Balaban J connectivity index is 1.90. The van der Waals surface area contributed by atoms with Crippen LogP contribution in [0.2, 0.25) is 0 Å². The lowest BCUT2D eigenvalue weighted by molar-refractivity contribution is 0.282. The van der Waals surface area contributed by atoms with Crippen LogP contribution in [0.3, 0.4) is 0 Å². The van der Waals surface area contributed by atoms with Gasteiger partial charge >= 0.3 is 0 Å². The largest absolute Gasteiger partial charge is 0.392 e. The number of benzene rings is 1. The Morgan fingerprint density at radius 1 is 1.38 bits per heavy atom. The Bertz CT molecular complexity index is 977. The number of allylic oxidation sites excluding steroid dienone is 4. The molecule has 0 spiro atoms. The molecule has 0 radical (unpaired) electrons. The van der Waals surface area contributed by atoms with Crippen LogP contribution in [0.25, 0.3) is 0 Å². The van der Waals surface area contributed by atoms with Crippen LogP contribution in [0.15, 0.2) is 66.5 Å². The quantitative estimate of drug-likeness (QED) is 0.536. The van der Waals surface area contributed by atoms with Crippen LogP contribution in [-0.4, -0.2) is 26.8 Å². The molecule has 1 heterocycles. The number of nitrogen functional groups attached to an aromatic ring is 1. The number of hydrogen-bond acceptors (Lipinski definition) is 6. The van der Waals surface area contributed by atoms with Crippen molar-refractivity contribution in [2.24, 2.45) is 0 Å². The average molecular weight is 390 g/mol. The highest BCUT2D eigenvalue weighted by molar-refractivity contribution is 6.16. The van der Waals surface area contributed by atoms with E-state index in [0.29, 0.717) is 16.9 Å². The first-order valence-corrected chi connectivity index (χ1v) is 9.70. The van der Waals surface area contributed by atoms with Crippen LogP contribution in [0.4, 0.5) is 11.6 Å². The van der Waals surface area contributed by atoms with E-state index in [2.05, 4.69) is 27.9 Å². The monoisotopic (exact) mass is 389 g/mol. The lowest BCUT2D eigenvalue weighted by Crippen LogP contribution is -2.26. The second-order valence-corrected chi connectivity index (χ2v) is 7.05. The predicted octanol–water partition coefficient (Wildman–Crippen LogP) is 3.99. The summed E-state index contributed by atoms with van der Waals surface area (Å²) in [5.74, 6) is 0.817. The van der Waals surface area contributed by atoms with Crippen LogP contribution in [0.1, 0.15) is 42.9 Å². The van der Waals surface area contributed by atoms with Gasteiger partial charge in [0.05, 0.1) is 17.9 Å². The number of anilines is 2. The van der Waals surface area contributed by atoms with Gasteiger partial charge in [-0.2, -0.15) is 0 Å². The highest BCUT2D eigenvalue weighted by Crippen LogP contribution is 2.30. The zero-order valence-corrected chi connectivity index (χ0v) is 16.7. The van der Waals surface area contributed by atoms with E-state index in [1.54, 1.807) is 6.07 Å². The van der Waals surface area contributed by atoms with E-state index < -0.39 is 0 Å². The van der Waals surface area contributed by atoms with Crippen LogP contribution in [-0.2, 0) is 6.61 Å². The number of aliphatic hydroxyl groups excluding tert-OH is 1. The SMILES string of the molecule is C=CC1=C(/C=C\C)CC(Nc2ncnc(N)c2C(=N)c2cccc(CO)c2)CC1. The summed E-state index contributed by atoms with van der Waals surface area (Å²) in [5.41, 5.74) is 10.8. The Morgan fingerprint density at radius 2 is 2.21 bits per heavy atom. The molecule has 1 aromatic heterocycles. The molecule has 6 heteroatoms. The molecule has 150 valence electrons. The highest BCUT2D eigenvalue weighted by atomic mass is 16.3. The van der Waals surface area contributed by atoms with Gasteiger partial charge < -0.3 is 16.2 Å². The lowest BCUT2D eigenvalue weighted by atomic mass is 9.87. The van der Waals surface area contributed by atoms with E-state index in [1.165, 1.54) is 17.5 Å². The molecule has 0 amide bonds. The van der Waals surface area contributed by atoms with E-state index in [4.69, 9.17) is 11.1 Å². The van der Waals surface area contributed by atoms with Crippen LogP contribution in [0.5, 0.6) is 0 Å². The molecule has 3 rings (SSSR count). The maximum absolute atomic E-state index is 9.40. The van der Waals surface area contributed by atoms with Crippen molar-refractivity contribution in [1.82, 2.24) is 9.97 Å². The number of nitrogens with two attached hydrogens (primary N) is 1. The number of hydrogen-bond donors (Lipinski definition) is 4. The molecular weight excluding hydrogens is 362 g/mol. The van der Waals surface area contributed by atoms with Gasteiger partial charge in [0.1, 0.15) is 18.0 Å². The van der Waals surface area contributed by atoms with Crippen molar-refractivity contribution in [3.8, 4) is 0 Å². The molecule has 6 nitrogen and oxygen atoms in total. The van der Waals surface area contributed by atoms with Crippen molar-refractivity contribution in [2.75, 3.05) is 11.1 Å².